The van der Waals surface area contributed by atoms with Crippen LogP contribution in [0.5, 0.6) is 0 Å². The Balaban J connectivity index is 2.30. The maximum absolute atomic E-state index is 12.2. The van der Waals surface area contributed by atoms with Crippen LogP contribution in [0.3, 0.4) is 0 Å². The fourth-order valence-electron chi connectivity index (χ4n) is 1.38. The number of alkyl halides is 3. The average molecular weight is 196 g/mol. The zero-order valence-corrected chi connectivity index (χ0v) is 7.69. The van der Waals surface area contributed by atoms with Crippen LogP contribution in [0.25, 0.3) is 0 Å². The summed E-state index contributed by atoms with van der Waals surface area (Å²) in [6, 6.07) is 0. The first-order valence-corrected chi connectivity index (χ1v) is 4.50. The summed E-state index contributed by atoms with van der Waals surface area (Å²) in [6.07, 6.45) is -4.05. The summed E-state index contributed by atoms with van der Waals surface area (Å²) in [5, 5.41) is 3.10. The number of nitrogens with zero attached hydrogens (tertiary/aromatic N) is 1. The maximum atomic E-state index is 12.2. The van der Waals surface area contributed by atoms with Gasteiger partial charge in [0.1, 0.15) is 0 Å². The maximum Gasteiger partial charge on any atom is 0.392 e. The molecule has 5 heteroatoms. The lowest BCUT2D eigenvalue weighted by atomic mass is 10.1. The Bertz CT molecular complexity index is 152. The van der Waals surface area contributed by atoms with E-state index in [0.29, 0.717) is 0 Å². The number of hydrogen-bond donors (Lipinski definition) is 1. The zero-order chi connectivity index (χ0) is 9.90. The number of nitrogens with one attached hydrogen (secondary N) is 1. The fourth-order valence-corrected chi connectivity index (χ4v) is 1.38. The topological polar surface area (TPSA) is 15.3 Å². The van der Waals surface area contributed by atoms with Crippen molar-refractivity contribution in [1.29, 1.82) is 0 Å². The monoisotopic (exact) mass is 196 g/mol. The summed E-state index contributed by atoms with van der Waals surface area (Å²) in [7, 11) is 0. The molecule has 1 unspecified atom stereocenters. The van der Waals surface area contributed by atoms with Crippen LogP contribution in [0, 0.1) is 5.92 Å². The largest absolute Gasteiger partial charge is 0.392 e. The van der Waals surface area contributed by atoms with Crippen LogP contribution in [-0.4, -0.2) is 43.8 Å². The van der Waals surface area contributed by atoms with Crippen molar-refractivity contribution in [2.24, 2.45) is 5.92 Å². The second kappa shape index (κ2) is 4.28. The molecule has 1 N–H and O–H groups in total. The van der Waals surface area contributed by atoms with Gasteiger partial charge in [0, 0.05) is 32.7 Å². The van der Waals surface area contributed by atoms with Crippen LogP contribution in [0.15, 0.2) is 0 Å². The summed E-state index contributed by atoms with van der Waals surface area (Å²) in [5.41, 5.74) is 0. The predicted octanol–water partition coefficient (Wildman–Crippen LogP) is 1.09. The second-order valence-electron chi connectivity index (χ2n) is 3.49. The minimum absolute atomic E-state index is 0.130. The summed E-state index contributed by atoms with van der Waals surface area (Å²) in [6.45, 7) is 4.41. The van der Waals surface area contributed by atoms with Crippen molar-refractivity contribution in [3.8, 4) is 0 Å². The molecule has 0 radical (unpaired) electrons. The molecule has 1 saturated heterocycles. The van der Waals surface area contributed by atoms with Gasteiger partial charge in [0.05, 0.1) is 5.92 Å². The van der Waals surface area contributed by atoms with E-state index in [1.54, 1.807) is 0 Å². The minimum atomic E-state index is -4.05. The van der Waals surface area contributed by atoms with E-state index in [2.05, 4.69) is 5.32 Å². The smallest absolute Gasteiger partial charge is 0.314 e. The Morgan fingerprint density at radius 1 is 1.31 bits per heavy atom. The summed E-state index contributed by atoms with van der Waals surface area (Å²) >= 11 is 0. The molecule has 1 aliphatic rings. The van der Waals surface area contributed by atoms with Crippen LogP contribution in [0.4, 0.5) is 13.2 Å². The minimum Gasteiger partial charge on any atom is -0.314 e. The highest BCUT2D eigenvalue weighted by molar-refractivity contribution is 4.72. The number of halogens is 3. The first-order chi connectivity index (χ1) is 6.00. The molecule has 0 aromatic rings. The van der Waals surface area contributed by atoms with E-state index in [1.165, 1.54) is 6.92 Å². The van der Waals surface area contributed by atoms with E-state index in [4.69, 9.17) is 0 Å². The van der Waals surface area contributed by atoms with Crippen LogP contribution >= 0.6 is 0 Å². The molecule has 78 valence electrons. The van der Waals surface area contributed by atoms with Crippen molar-refractivity contribution in [2.45, 2.75) is 13.1 Å². The third-order valence-corrected chi connectivity index (χ3v) is 2.30. The van der Waals surface area contributed by atoms with Gasteiger partial charge in [-0.3, -0.25) is 0 Å². The van der Waals surface area contributed by atoms with E-state index >= 15 is 0 Å². The lowest BCUT2D eigenvalue weighted by molar-refractivity contribution is -0.174. The van der Waals surface area contributed by atoms with Gasteiger partial charge in [-0.1, -0.05) is 6.92 Å². The van der Waals surface area contributed by atoms with Gasteiger partial charge in [0.15, 0.2) is 0 Å². The molecular weight excluding hydrogens is 181 g/mol. The first-order valence-electron chi connectivity index (χ1n) is 4.50. The number of rotatable bonds is 2. The SMILES string of the molecule is CC(CN1CCNCC1)C(F)(F)F. The molecule has 1 atom stereocenters. The molecule has 0 aliphatic carbocycles. The van der Waals surface area contributed by atoms with Crippen molar-refractivity contribution < 1.29 is 13.2 Å². The van der Waals surface area contributed by atoms with Crippen molar-refractivity contribution in [3.05, 3.63) is 0 Å². The van der Waals surface area contributed by atoms with Gasteiger partial charge in [-0.15, -0.1) is 0 Å². The highest BCUT2D eigenvalue weighted by Gasteiger charge is 2.36. The van der Waals surface area contributed by atoms with Crippen LogP contribution in [-0.2, 0) is 0 Å². The van der Waals surface area contributed by atoms with E-state index in [1.807, 2.05) is 4.90 Å². The third kappa shape index (κ3) is 3.52. The fraction of sp³-hybridized carbons (Fsp3) is 1.00. The van der Waals surface area contributed by atoms with E-state index < -0.39 is 12.1 Å². The summed E-state index contributed by atoms with van der Waals surface area (Å²) in [5.74, 6) is -1.22. The Labute approximate surface area is 76.1 Å². The molecular formula is C8H15F3N2. The number of piperazine rings is 1. The van der Waals surface area contributed by atoms with Crippen molar-refractivity contribution in [3.63, 3.8) is 0 Å². The molecule has 2 nitrogen and oxygen atoms in total. The third-order valence-electron chi connectivity index (χ3n) is 2.30. The lowest BCUT2D eigenvalue weighted by Crippen LogP contribution is -2.46. The molecule has 13 heavy (non-hydrogen) atoms. The summed E-state index contributed by atoms with van der Waals surface area (Å²) in [4.78, 5) is 1.86. The zero-order valence-electron chi connectivity index (χ0n) is 7.69. The standard InChI is InChI=1S/C8H15F3N2/c1-7(8(9,10)11)6-13-4-2-12-3-5-13/h7,12H,2-6H2,1H3. The van der Waals surface area contributed by atoms with Gasteiger partial charge in [0.25, 0.3) is 0 Å². The lowest BCUT2D eigenvalue weighted by Gasteiger charge is -2.30. The Morgan fingerprint density at radius 3 is 2.31 bits per heavy atom. The summed E-state index contributed by atoms with van der Waals surface area (Å²) < 4.78 is 36.5. The Morgan fingerprint density at radius 2 is 1.85 bits per heavy atom. The molecule has 1 aliphatic heterocycles. The van der Waals surface area contributed by atoms with E-state index in [-0.39, 0.29) is 6.54 Å². The van der Waals surface area contributed by atoms with Gasteiger partial charge >= 0.3 is 6.18 Å². The Kier molecular flexibility index (Phi) is 3.55. The van der Waals surface area contributed by atoms with Gasteiger partial charge in [-0.2, -0.15) is 13.2 Å². The highest BCUT2D eigenvalue weighted by atomic mass is 19.4. The molecule has 0 amide bonds. The Hall–Kier alpha value is -0.290. The van der Waals surface area contributed by atoms with Crippen molar-refractivity contribution >= 4 is 0 Å². The van der Waals surface area contributed by atoms with Gasteiger partial charge < -0.3 is 10.2 Å². The molecule has 0 aromatic heterocycles. The molecule has 0 spiro atoms. The van der Waals surface area contributed by atoms with Crippen LogP contribution in [0.2, 0.25) is 0 Å². The quantitative estimate of drug-likeness (QED) is 0.711. The van der Waals surface area contributed by atoms with Gasteiger partial charge in [0.2, 0.25) is 0 Å². The second-order valence-corrected chi connectivity index (χ2v) is 3.49. The van der Waals surface area contributed by atoms with Crippen molar-refractivity contribution in [2.75, 3.05) is 32.7 Å². The predicted molar refractivity (Wildman–Crippen MR) is 44.5 cm³/mol. The van der Waals surface area contributed by atoms with Crippen LogP contribution < -0.4 is 5.32 Å². The highest BCUT2D eigenvalue weighted by Crippen LogP contribution is 2.26. The molecule has 0 bridgehead atoms. The van der Waals surface area contributed by atoms with E-state index in [9.17, 15) is 13.2 Å². The normalized spacial score (nSPS) is 23.1. The number of hydrogen-bond acceptors (Lipinski definition) is 2. The average Bonchev–Trinajstić information content (AvgIpc) is 2.04. The van der Waals surface area contributed by atoms with Gasteiger partial charge in [-0.25, -0.2) is 0 Å². The molecule has 0 aromatic carbocycles. The van der Waals surface area contributed by atoms with Crippen LogP contribution in [0.1, 0.15) is 6.92 Å². The van der Waals surface area contributed by atoms with Crippen molar-refractivity contribution in [1.82, 2.24) is 10.2 Å². The van der Waals surface area contributed by atoms with E-state index in [0.717, 1.165) is 26.2 Å². The van der Waals surface area contributed by atoms with Gasteiger partial charge in [-0.05, 0) is 0 Å². The first kappa shape index (κ1) is 10.8. The molecule has 0 saturated carbocycles. The molecule has 1 heterocycles. The molecule has 1 rings (SSSR count). The molecule has 1 fully saturated rings.